The van der Waals surface area contributed by atoms with Gasteiger partial charge < -0.3 is 9.67 Å². The molecule has 1 N–H and O–H groups in total. The zero-order valence-electron chi connectivity index (χ0n) is 12.5. The molecular formula is C17H26N2O. The van der Waals surface area contributed by atoms with Gasteiger partial charge in [-0.05, 0) is 68.6 Å². The summed E-state index contributed by atoms with van der Waals surface area (Å²) < 4.78 is 2.17. The van der Waals surface area contributed by atoms with E-state index >= 15 is 0 Å². The fourth-order valence-corrected chi connectivity index (χ4v) is 5.79. The summed E-state index contributed by atoms with van der Waals surface area (Å²) >= 11 is 0. The van der Waals surface area contributed by atoms with E-state index in [0.29, 0.717) is 0 Å². The Morgan fingerprint density at radius 2 is 1.85 bits per heavy atom. The Kier molecular flexibility index (Phi) is 2.95. The zero-order valence-corrected chi connectivity index (χ0v) is 12.5. The van der Waals surface area contributed by atoms with Gasteiger partial charge in [-0.25, -0.2) is 4.98 Å². The lowest BCUT2D eigenvalue weighted by Crippen LogP contribution is -2.52. The minimum Gasteiger partial charge on any atom is -0.392 e. The number of nitrogens with zero attached hydrogens (tertiary/aromatic N) is 2. The first-order valence-corrected chi connectivity index (χ1v) is 8.36. The molecule has 1 unspecified atom stereocenters. The average Bonchev–Trinajstić information content (AvgIpc) is 2.84. The third kappa shape index (κ3) is 1.93. The van der Waals surface area contributed by atoms with Gasteiger partial charge in [0.1, 0.15) is 5.82 Å². The standard InChI is InChI=1S/C17H26N2O/c1-2-19-4-3-18-16(19)8-15(20)17-9-12-5-13(10-17)7-14(6-12)11-17/h3-4,12-15,20H,2,5-11H2,1H3. The molecule has 1 aromatic rings. The van der Waals surface area contributed by atoms with Crippen LogP contribution in [0.4, 0.5) is 0 Å². The lowest BCUT2D eigenvalue weighted by Gasteiger charge is -2.58. The molecule has 110 valence electrons. The molecule has 4 aliphatic rings. The summed E-state index contributed by atoms with van der Waals surface area (Å²) in [6.07, 6.45) is 12.6. The predicted octanol–water partition coefficient (Wildman–Crippen LogP) is 3.02. The Balaban J connectivity index is 1.55. The number of imidazole rings is 1. The second-order valence-corrected chi connectivity index (χ2v) is 7.63. The molecule has 0 spiro atoms. The first-order chi connectivity index (χ1) is 9.68. The molecule has 5 rings (SSSR count). The van der Waals surface area contributed by atoms with Crippen molar-refractivity contribution in [1.29, 1.82) is 0 Å². The predicted molar refractivity (Wildman–Crippen MR) is 78.2 cm³/mol. The van der Waals surface area contributed by atoms with Crippen molar-refractivity contribution in [3.05, 3.63) is 18.2 Å². The highest BCUT2D eigenvalue weighted by Gasteiger charge is 2.53. The molecule has 3 heteroatoms. The van der Waals surface area contributed by atoms with E-state index in [1.165, 1.54) is 38.5 Å². The fourth-order valence-electron chi connectivity index (χ4n) is 5.79. The van der Waals surface area contributed by atoms with Crippen molar-refractivity contribution in [3.8, 4) is 0 Å². The van der Waals surface area contributed by atoms with Gasteiger partial charge in [-0.3, -0.25) is 0 Å². The number of hydrogen-bond acceptors (Lipinski definition) is 2. The molecule has 0 radical (unpaired) electrons. The van der Waals surface area contributed by atoms with Crippen molar-refractivity contribution in [3.63, 3.8) is 0 Å². The van der Waals surface area contributed by atoms with Gasteiger partial charge in [-0.2, -0.15) is 0 Å². The van der Waals surface area contributed by atoms with Crippen molar-refractivity contribution < 1.29 is 5.11 Å². The largest absolute Gasteiger partial charge is 0.392 e. The normalized spacial score (nSPS) is 40.2. The van der Waals surface area contributed by atoms with Crippen LogP contribution in [0.5, 0.6) is 0 Å². The number of aliphatic hydroxyl groups excluding tert-OH is 1. The molecule has 0 saturated heterocycles. The first kappa shape index (κ1) is 12.9. The minimum atomic E-state index is -0.191. The van der Waals surface area contributed by atoms with Gasteiger partial charge in [0.25, 0.3) is 0 Å². The van der Waals surface area contributed by atoms with Crippen LogP contribution in [0, 0.1) is 23.2 Å². The molecule has 1 aromatic heterocycles. The van der Waals surface area contributed by atoms with Crippen LogP contribution in [0.2, 0.25) is 0 Å². The van der Waals surface area contributed by atoms with Crippen LogP contribution in [0.3, 0.4) is 0 Å². The molecule has 4 aliphatic carbocycles. The van der Waals surface area contributed by atoms with Crippen LogP contribution in [-0.2, 0) is 13.0 Å². The highest BCUT2D eigenvalue weighted by Crippen LogP contribution is 2.61. The van der Waals surface area contributed by atoms with Gasteiger partial charge in [0, 0.05) is 25.4 Å². The number of aliphatic hydroxyl groups is 1. The molecule has 1 heterocycles. The topological polar surface area (TPSA) is 38.0 Å². The van der Waals surface area contributed by atoms with Gasteiger partial charge in [0.2, 0.25) is 0 Å². The van der Waals surface area contributed by atoms with E-state index in [2.05, 4.69) is 16.5 Å². The number of aryl methyl sites for hydroxylation is 1. The van der Waals surface area contributed by atoms with Crippen LogP contribution in [-0.4, -0.2) is 20.8 Å². The van der Waals surface area contributed by atoms with Gasteiger partial charge in [0.15, 0.2) is 0 Å². The molecule has 4 fully saturated rings. The second-order valence-electron chi connectivity index (χ2n) is 7.63. The Hall–Kier alpha value is -0.830. The van der Waals surface area contributed by atoms with E-state index in [1.807, 2.05) is 12.4 Å². The molecule has 0 aromatic carbocycles. The summed E-state index contributed by atoms with van der Waals surface area (Å²) in [6, 6.07) is 0. The van der Waals surface area contributed by atoms with E-state index in [4.69, 9.17) is 0 Å². The lowest BCUT2D eigenvalue weighted by molar-refractivity contribution is -0.120. The molecule has 0 aliphatic heterocycles. The van der Waals surface area contributed by atoms with Gasteiger partial charge in [-0.1, -0.05) is 0 Å². The Labute approximate surface area is 121 Å². The maximum Gasteiger partial charge on any atom is 0.111 e. The maximum absolute atomic E-state index is 11.0. The Morgan fingerprint density at radius 1 is 1.25 bits per heavy atom. The van der Waals surface area contributed by atoms with E-state index in [9.17, 15) is 5.11 Å². The highest BCUT2D eigenvalue weighted by atomic mass is 16.3. The van der Waals surface area contributed by atoms with E-state index in [-0.39, 0.29) is 11.5 Å². The van der Waals surface area contributed by atoms with Crippen LogP contribution < -0.4 is 0 Å². The van der Waals surface area contributed by atoms with Gasteiger partial charge >= 0.3 is 0 Å². The second kappa shape index (κ2) is 4.59. The zero-order chi connectivity index (χ0) is 13.7. The van der Waals surface area contributed by atoms with E-state index in [0.717, 1.165) is 36.5 Å². The Bertz CT molecular complexity index is 458. The molecule has 4 bridgehead atoms. The van der Waals surface area contributed by atoms with Crippen LogP contribution in [0.1, 0.15) is 51.3 Å². The summed E-state index contributed by atoms with van der Waals surface area (Å²) in [5.41, 5.74) is 0.221. The smallest absolute Gasteiger partial charge is 0.111 e. The fraction of sp³-hybridized carbons (Fsp3) is 0.824. The van der Waals surface area contributed by atoms with E-state index in [1.54, 1.807) is 0 Å². The van der Waals surface area contributed by atoms with Crippen molar-refractivity contribution in [1.82, 2.24) is 9.55 Å². The van der Waals surface area contributed by atoms with Crippen molar-refractivity contribution in [2.45, 2.75) is 64.5 Å². The third-order valence-corrected chi connectivity index (χ3v) is 6.31. The Morgan fingerprint density at radius 3 is 2.40 bits per heavy atom. The third-order valence-electron chi connectivity index (χ3n) is 6.31. The molecule has 1 atom stereocenters. The summed E-state index contributed by atoms with van der Waals surface area (Å²) in [4.78, 5) is 4.46. The van der Waals surface area contributed by atoms with Crippen LogP contribution in [0.15, 0.2) is 12.4 Å². The van der Waals surface area contributed by atoms with Crippen molar-refractivity contribution >= 4 is 0 Å². The highest BCUT2D eigenvalue weighted by molar-refractivity contribution is 5.07. The van der Waals surface area contributed by atoms with Crippen LogP contribution in [0.25, 0.3) is 0 Å². The quantitative estimate of drug-likeness (QED) is 0.916. The van der Waals surface area contributed by atoms with E-state index < -0.39 is 0 Å². The van der Waals surface area contributed by atoms with Gasteiger partial charge in [-0.15, -0.1) is 0 Å². The van der Waals surface area contributed by atoms with Crippen molar-refractivity contribution in [2.75, 3.05) is 0 Å². The average molecular weight is 274 g/mol. The molecule has 4 saturated carbocycles. The summed E-state index contributed by atoms with van der Waals surface area (Å²) in [5, 5.41) is 11.0. The lowest BCUT2D eigenvalue weighted by atomic mass is 9.48. The summed E-state index contributed by atoms with van der Waals surface area (Å²) in [6.45, 7) is 3.09. The summed E-state index contributed by atoms with van der Waals surface area (Å²) in [7, 11) is 0. The molecule has 20 heavy (non-hydrogen) atoms. The van der Waals surface area contributed by atoms with Crippen molar-refractivity contribution in [2.24, 2.45) is 23.2 Å². The number of hydrogen-bond donors (Lipinski definition) is 1. The first-order valence-electron chi connectivity index (χ1n) is 8.36. The molecule has 0 amide bonds. The van der Waals surface area contributed by atoms with Gasteiger partial charge in [0.05, 0.1) is 6.10 Å². The molecule has 3 nitrogen and oxygen atoms in total. The SMILES string of the molecule is CCn1ccnc1CC(O)C12CC3CC(CC(C3)C1)C2. The number of rotatable bonds is 4. The molecular weight excluding hydrogens is 248 g/mol. The summed E-state index contributed by atoms with van der Waals surface area (Å²) in [5.74, 6) is 3.78. The monoisotopic (exact) mass is 274 g/mol. The minimum absolute atomic E-state index is 0.191. The maximum atomic E-state index is 11.0. The number of aromatic nitrogens is 2. The van der Waals surface area contributed by atoms with Crippen LogP contribution >= 0.6 is 0 Å².